The van der Waals surface area contributed by atoms with Gasteiger partial charge in [-0.25, -0.2) is 30.5 Å². The third kappa shape index (κ3) is 7.64. The first-order valence-corrected chi connectivity index (χ1v) is 21.9. The van der Waals surface area contributed by atoms with Crippen molar-refractivity contribution in [3.63, 3.8) is 0 Å². The van der Waals surface area contributed by atoms with Gasteiger partial charge in [0.1, 0.15) is 33.9 Å². The summed E-state index contributed by atoms with van der Waals surface area (Å²) in [4.78, 5) is 3.99. The fourth-order valence-corrected chi connectivity index (χ4v) is 8.55. The van der Waals surface area contributed by atoms with Gasteiger partial charge in [-0.1, -0.05) is 37.8 Å². The third-order valence-electron chi connectivity index (χ3n) is 7.64. The maximum atomic E-state index is 14.7. The molecule has 2 aromatic heterocycles. The fourth-order valence-electron chi connectivity index (χ4n) is 4.98. The molecule has 0 aliphatic heterocycles. The number of aliphatic hydroxyl groups excluding tert-OH is 1. The van der Waals surface area contributed by atoms with Gasteiger partial charge in [-0.15, -0.1) is 10.2 Å². The number of ether oxygens (including phenoxy) is 3. The van der Waals surface area contributed by atoms with Crippen molar-refractivity contribution in [1.29, 1.82) is 0 Å². The van der Waals surface area contributed by atoms with Crippen molar-refractivity contribution < 1.29 is 40.5 Å². The Balaban J connectivity index is 2.02. The van der Waals surface area contributed by atoms with Gasteiger partial charge in [0.15, 0.2) is 15.7 Å². The number of para-hydroxylation sites is 1. The van der Waals surface area contributed by atoms with Gasteiger partial charge in [-0.2, -0.15) is 0 Å². The van der Waals surface area contributed by atoms with Gasteiger partial charge in [0.2, 0.25) is 21.9 Å². The van der Waals surface area contributed by atoms with Crippen LogP contribution in [0.4, 0.5) is 10.3 Å². The molecule has 0 spiro atoms. The number of pyridine rings is 1. The van der Waals surface area contributed by atoms with Crippen molar-refractivity contribution in [3.8, 4) is 34.6 Å². The van der Waals surface area contributed by atoms with Crippen LogP contribution in [0, 0.1) is 5.82 Å². The molecule has 2 atom stereocenters. The van der Waals surface area contributed by atoms with Gasteiger partial charge in [0, 0.05) is 32.5 Å². The molecule has 0 bridgehead atoms. The summed E-state index contributed by atoms with van der Waals surface area (Å²) >= 11 is 0. The molecule has 4 rings (SSSR count). The van der Waals surface area contributed by atoms with Crippen LogP contribution in [0.2, 0.25) is 25.7 Å². The van der Waals surface area contributed by atoms with Crippen LogP contribution in [0.15, 0.2) is 59.5 Å². The minimum atomic E-state index is -4.58. The van der Waals surface area contributed by atoms with E-state index in [9.17, 15) is 26.3 Å². The highest BCUT2D eigenvalue weighted by atomic mass is 32.2. The summed E-state index contributed by atoms with van der Waals surface area (Å²) in [5, 5.41) is 18.6. The van der Waals surface area contributed by atoms with E-state index in [2.05, 4.69) is 34.8 Å². The number of hydrogen-bond acceptors (Lipinski definition) is 11. The Morgan fingerprint density at radius 3 is 2.12 bits per heavy atom. The maximum absolute atomic E-state index is 14.7. The first-order chi connectivity index (χ1) is 22.4. The smallest absolute Gasteiger partial charge is 0.246 e. The Morgan fingerprint density at radius 2 is 1.56 bits per heavy atom. The topological polar surface area (TPSA) is 163 Å². The summed E-state index contributed by atoms with van der Waals surface area (Å²) in [5.74, 6) is 0.00874. The molecule has 2 aromatic carbocycles. The number of anilines is 1. The molecule has 0 aliphatic rings. The van der Waals surface area contributed by atoms with E-state index in [-0.39, 0.29) is 35.4 Å². The average Bonchev–Trinajstić information content (AvgIpc) is 3.46. The van der Waals surface area contributed by atoms with Crippen LogP contribution in [0.5, 0.6) is 17.4 Å². The molecule has 0 aliphatic carbocycles. The quantitative estimate of drug-likeness (QED) is 0.183. The van der Waals surface area contributed by atoms with Crippen LogP contribution in [-0.4, -0.2) is 89.1 Å². The van der Waals surface area contributed by atoms with Gasteiger partial charge in [0.05, 0.1) is 32.3 Å². The van der Waals surface area contributed by atoms with Gasteiger partial charge >= 0.3 is 0 Å². The lowest BCUT2D eigenvalue weighted by atomic mass is 10.1. The van der Waals surface area contributed by atoms with E-state index < -0.39 is 50.0 Å². The zero-order valence-corrected chi connectivity index (χ0v) is 30.6. The minimum Gasteiger partial charge on any atom is -0.494 e. The molecule has 0 unspecified atom stereocenters. The van der Waals surface area contributed by atoms with E-state index in [1.807, 2.05) is 0 Å². The second-order valence-corrected chi connectivity index (χ2v) is 22.1. The lowest BCUT2D eigenvalue weighted by molar-refractivity contribution is 0.172. The Morgan fingerprint density at radius 1 is 0.938 bits per heavy atom. The Hall–Kier alpha value is -4.06. The number of hydrogen-bond donors (Lipinski definition) is 1. The highest BCUT2D eigenvalue weighted by molar-refractivity contribution is 7.93. The van der Waals surface area contributed by atoms with Crippen LogP contribution in [-0.2, 0) is 19.9 Å². The molecule has 0 saturated heterocycles. The van der Waals surface area contributed by atoms with Gasteiger partial charge in [-0.3, -0.25) is 4.57 Å². The predicted octanol–water partition coefficient (Wildman–Crippen LogP) is 4.49. The molecule has 0 fully saturated rings. The summed E-state index contributed by atoms with van der Waals surface area (Å²) in [6, 6.07) is 13.3. The number of nitrogens with zero attached hydrogens (tertiary/aromatic N) is 5. The zero-order chi connectivity index (χ0) is 35.6. The normalized spacial score (nSPS) is 13.5. The van der Waals surface area contributed by atoms with Crippen molar-refractivity contribution in [1.82, 2.24) is 19.7 Å². The Kier molecular flexibility index (Phi) is 10.9. The van der Waals surface area contributed by atoms with Crippen molar-refractivity contribution in [3.05, 3.63) is 66.0 Å². The number of halogens is 1. The number of rotatable bonds is 14. The molecular weight excluding hydrogens is 682 g/mol. The molecule has 17 heteroatoms. The predicted molar refractivity (Wildman–Crippen MR) is 183 cm³/mol. The van der Waals surface area contributed by atoms with E-state index in [1.54, 1.807) is 36.4 Å². The Bertz CT molecular complexity index is 1980. The maximum Gasteiger partial charge on any atom is 0.246 e. The highest BCUT2D eigenvalue weighted by Crippen LogP contribution is 2.40. The van der Waals surface area contributed by atoms with Crippen LogP contribution in [0.25, 0.3) is 17.2 Å². The van der Waals surface area contributed by atoms with Crippen LogP contribution >= 0.6 is 0 Å². The SMILES string of the molecule is COc1cccc(-c2nnc(N(CC[Si](C)(C)C)S(=O)(=O)[C@H](C)[C@H](O)c3ccc(F)cc3S(C)(=O)=O)n2-c2c(OC)cccc2OC)n1. The summed E-state index contributed by atoms with van der Waals surface area (Å²) in [7, 11) is -6.19. The summed E-state index contributed by atoms with van der Waals surface area (Å²) in [5.41, 5.74) is 0.316. The lowest BCUT2D eigenvalue weighted by Crippen LogP contribution is -2.44. The number of sulfonamides is 1. The van der Waals surface area contributed by atoms with E-state index in [1.165, 1.54) is 32.8 Å². The third-order valence-corrected chi connectivity index (χ3v) is 12.7. The number of aliphatic hydroxyl groups is 1. The van der Waals surface area contributed by atoms with Crippen molar-refractivity contribution in [2.75, 3.05) is 38.4 Å². The van der Waals surface area contributed by atoms with Crippen LogP contribution in [0.1, 0.15) is 18.6 Å². The van der Waals surface area contributed by atoms with E-state index in [0.717, 1.165) is 28.8 Å². The second-order valence-electron chi connectivity index (χ2n) is 12.3. The number of benzene rings is 2. The largest absolute Gasteiger partial charge is 0.494 e. The molecule has 13 nitrogen and oxygen atoms in total. The first-order valence-electron chi connectivity index (χ1n) is 14.8. The fraction of sp³-hybridized carbons (Fsp3) is 0.387. The molecule has 0 amide bonds. The number of aromatic nitrogens is 4. The summed E-state index contributed by atoms with van der Waals surface area (Å²) in [6.45, 7) is 7.43. The van der Waals surface area contributed by atoms with Crippen molar-refractivity contribution in [2.24, 2.45) is 0 Å². The van der Waals surface area contributed by atoms with Gasteiger partial charge in [0.25, 0.3) is 0 Å². The highest BCUT2D eigenvalue weighted by Gasteiger charge is 2.40. The molecule has 48 heavy (non-hydrogen) atoms. The lowest BCUT2D eigenvalue weighted by Gasteiger charge is -2.31. The van der Waals surface area contributed by atoms with E-state index in [0.29, 0.717) is 23.2 Å². The monoisotopic (exact) mass is 721 g/mol. The average molecular weight is 722 g/mol. The molecule has 1 N–H and O–H groups in total. The Labute approximate surface area is 281 Å². The summed E-state index contributed by atoms with van der Waals surface area (Å²) in [6.07, 6.45) is -1.01. The molecule has 260 valence electrons. The van der Waals surface area contributed by atoms with E-state index in [4.69, 9.17) is 14.2 Å². The van der Waals surface area contributed by atoms with Crippen LogP contribution in [0.3, 0.4) is 0 Å². The number of sulfone groups is 1. The zero-order valence-electron chi connectivity index (χ0n) is 28.0. The van der Waals surface area contributed by atoms with Crippen molar-refractivity contribution >= 4 is 33.9 Å². The van der Waals surface area contributed by atoms with Gasteiger partial charge < -0.3 is 19.3 Å². The molecular formula is C31H40FN5O8S2Si. The van der Waals surface area contributed by atoms with Crippen LogP contribution < -0.4 is 18.5 Å². The van der Waals surface area contributed by atoms with E-state index >= 15 is 0 Å². The van der Waals surface area contributed by atoms with Crippen molar-refractivity contribution in [2.45, 2.75) is 48.9 Å². The molecule has 0 radical (unpaired) electrons. The van der Waals surface area contributed by atoms with Gasteiger partial charge in [-0.05, 0) is 43.3 Å². The minimum absolute atomic E-state index is 0.0569. The molecule has 0 saturated carbocycles. The second kappa shape index (κ2) is 14.2. The molecule has 2 heterocycles. The summed E-state index contributed by atoms with van der Waals surface area (Å²) < 4.78 is 87.9. The first kappa shape index (κ1) is 36.8. The standard InChI is InChI=1S/C31H40FN5O8S2Si/c1-20(29(38)22-16-15-21(32)19-26(22)46(5,39)40)47(41,42)36(17-18-48(6,7)8)31-35-34-30(23-11-9-14-27(33-23)45-4)37(31)28-24(43-2)12-10-13-25(28)44-3/h9-16,19-20,29,38H,17-18H2,1-8H3/t20-,29+/m1/s1. The number of methoxy groups -OCH3 is 3. The molecule has 4 aromatic rings.